The number of amides is 1. The number of hydrogen-bond acceptors (Lipinski definition) is 9. The van der Waals surface area contributed by atoms with Crippen LogP contribution < -0.4 is 15.4 Å². The number of carbonyl (C=O) groups is 1. The Bertz CT molecular complexity index is 1650. The second kappa shape index (κ2) is 12.9. The van der Waals surface area contributed by atoms with Gasteiger partial charge < -0.3 is 24.4 Å². The maximum atomic E-state index is 13.4. The Morgan fingerprint density at radius 1 is 1.21 bits per heavy atom. The summed E-state index contributed by atoms with van der Waals surface area (Å²) in [6.07, 6.45) is 1.62. The topological polar surface area (TPSA) is 97.8 Å². The maximum Gasteiger partial charge on any atom is 0.410 e. The molecule has 216 valence electrons. The molecule has 0 saturated carbocycles. The molecule has 2 aromatic carbocycles. The molecule has 6 rings (SSSR count). The highest BCUT2D eigenvalue weighted by atomic mass is 35.5. The Hall–Kier alpha value is -3.95. The van der Waals surface area contributed by atoms with Crippen molar-refractivity contribution in [1.29, 1.82) is 0 Å². The molecule has 4 heterocycles. The fraction of sp³-hybridized carbons (Fsp3) is 0.300. The molecule has 9 nitrogen and oxygen atoms in total. The average Bonchev–Trinajstić information content (AvgIpc) is 3.63. The minimum Gasteiger partial charge on any atom is -0.487 e. The van der Waals surface area contributed by atoms with Crippen molar-refractivity contribution in [3.8, 4) is 17.6 Å². The third-order valence-electron chi connectivity index (χ3n) is 6.80. The van der Waals surface area contributed by atoms with E-state index in [2.05, 4.69) is 32.4 Å². The number of thiophene rings is 1. The van der Waals surface area contributed by atoms with Crippen LogP contribution in [0.15, 0.2) is 54.9 Å². The smallest absolute Gasteiger partial charge is 0.410 e. The second-order valence-corrected chi connectivity index (χ2v) is 11.2. The van der Waals surface area contributed by atoms with E-state index in [1.165, 1.54) is 29.8 Å². The number of nitrogens with zero attached hydrogens (tertiary/aromatic N) is 3. The highest BCUT2D eigenvalue weighted by Gasteiger charge is 2.28. The molecular weight excluding hydrogens is 581 g/mol. The van der Waals surface area contributed by atoms with Crippen LogP contribution in [0, 0.1) is 17.7 Å². The number of fused-ring (bicyclic) bond motifs is 1. The van der Waals surface area contributed by atoms with Crippen molar-refractivity contribution in [2.24, 2.45) is 0 Å². The van der Waals surface area contributed by atoms with Gasteiger partial charge in [0, 0.05) is 31.7 Å². The number of hydrogen-bond donors (Lipinski definition) is 2. The third kappa shape index (κ3) is 6.91. The lowest BCUT2D eigenvalue weighted by Gasteiger charge is -2.27. The summed E-state index contributed by atoms with van der Waals surface area (Å²) in [7, 11) is 0. The second-order valence-electron chi connectivity index (χ2n) is 9.81. The van der Waals surface area contributed by atoms with E-state index < -0.39 is 0 Å². The van der Waals surface area contributed by atoms with Gasteiger partial charge in [-0.25, -0.2) is 19.2 Å². The van der Waals surface area contributed by atoms with Crippen LogP contribution in [0.25, 0.3) is 10.2 Å². The first-order chi connectivity index (χ1) is 20.5. The Morgan fingerprint density at radius 2 is 2.10 bits per heavy atom. The molecule has 1 amide bonds. The molecule has 2 saturated heterocycles. The first-order valence-corrected chi connectivity index (χ1v) is 14.7. The highest BCUT2D eigenvalue weighted by Crippen LogP contribution is 2.33. The summed E-state index contributed by atoms with van der Waals surface area (Å²) in [6, 6.07) is 13.5. The number of anilines is 2. The summed E-state index contributed by atoms with van der Waals surface area (Å²) in [5.74, 6) is 7.29. The maximum absolute atomic E-state index is 13.4. The van der Waals surface area contributed by atoms with Crippen LogP contribution in [0.2, 0.25) is 5.02 Å². The number of morpholine rings is 1. The molecule has 2 aliphatic heterocycles. The molecule has 2 atom stereocenters. The normalized spacial score (nSPS) is 18.4. The predicted octanol–water partition coefficient (Wildman–Crippen LogP) is 5.36. The molecule has 2 N–H and O–H groups in total. The zero-order chi connectivity index (χ0) is 28.9. The summed E-state index contributed by atoms with van der Waals surface area (Å²) in [4.78, 5) is 24.5. The molecule has 2 fully saturated rings. The van der Waals surface area contributed by atoms with Gasteiger partial charge in [0.2, 0.25) is 0 Å². The minimum absolute atomic E-state index is 0.0785. The minimum atomic E-state index is -0.313. The van der Waals surface area contributed by atoms with Crippen molar-refractivity contribution in [2.75, 3.05) is 38.2 Å². The Labute approximate surface area is 251 Å². The Kier molecular flexibility index (Phi) is 8.67. The molecule has 0 bridgehead atoms. The number of rotatable bonds is 6. The van der Waals surface area contributed by atoms with E-state index in [1.54, 1.807) is 29.2 Å². The lowest BCUT2D eigenvalue weighted by atomic mass is 10.2. The molecule has 42 heavy (non-hydrogen) atoms. The van der Waals surface area contributed by atoms with Gasteiger partial charge in [-0.15, -0.1) is 11.3 Å². The number of halogens is 2. The fourth-order valence-corrected chi connectivity index (χ4v) is 5.76. The molecule has 0 spiro atoms. The van der Waals surface area contributed by atoms with E-state index in [1.807, 2.05) is 12.1 Å². The van der Waals surface area contributed by atoms with Crippen LogP contribution >= 0.6 is 22.9 Å². The van der Waals surface area contributed by atoms with E-state index in [-0.39, 0.29) is 30.7 Å². The van der Waals surface area contributed by atoms with Gasteiger partial charge in [-0.1, -0.05) is 35.6 Å². The van der Waals surface area contributed by atoms with Crippen molar-refractivity contribution in [3.63, 3.8) is 0 Å². The highest BCUT2D eigenvalue weighted by molar-refractivity contribution is 7.19. The van der Waals surface area contributed by atoms with Crippen LogP contribution in [0.4, 0.5) is 20.7 Å². The van der Waals surface area contributed by atoms with Gasteiger partial charge in [0.15, 0.2) is 0 Å². The van der Waals surface area contributed by atoms with E-state index in [0.29, 0.717) is 61.4 Å². The van der Waals surface area contributed by atoms with Gasteiger partial charge in [-0.2, -0.15) is 0 Å². The molecular formula is C30H27ClFN5O4S. The van der Waals surface area contributed by atoms with Crippen molar-refractivity contribution in [3.05, 3.63) is 76.1 Å². The lowest BCUT2D eigenvalue weighted by Crippen LogP contribution is -2.42. The van der Waals surface area contributed by atoms with E-state index in [4.69, 9.17) is 25.8 Å². The van der Waals surface area contributed by atoms with Crippen LogP contribution in [0.1, 0.15) is 16.9 Å². The molecule has 0 unspecified atom stereocenters. The Balaban J connectivity index is 1.07. The standard InChI is InChI=1S/C30H27ClFN5O4S/c31-26-14-22(5-7-27(26)40-17-19-2-1-3-20(32)12-19)36-28-25-15-24(42-29(25)35-18-34-28)6-4-21-13-23(16-33-21)41-30(38)37-8-10-39-11-9-37/h1-3,5,7,12,14-15,18,21,23,33H,8-11,13,16-17H2,(H,34,35,36)/t21-,23+/m1/s1. The molecule has 2 aliphatic rings. The van der Waals surface area contributed by atoms with Crippen molar-refractivity contribution < 1.29 is 23.4 Å². The molecule has 12 heteroatoms. The van der Waals surface area contributed by atoms with E-state index >= 15 is 0 Å². The first kappa shape index (κ1) is 28.2. The summed E-state index contributed by atoms with van der Waals surface area (Å²) < 4.78 is 30.2. The third-order valence-corrected chi connectivity index (χ3v) is 8.06. The first-order valence-electron chi connectivity index (χ1n) is 13.5. The fourth-order valence-electron chi connectivity index (χ4n) is 4.66. The number of benzene rings is 2. The molecule has 0 aliphatic carbocycles. The van der Waals surface area contributed by atoms with Gasteiger partial charge in [-0.05, 0) is 42.0 Å². The largest absolute Gasteiger partial charge is 0.487 e. The summed E-state index contributed by atoms with van der Waals surface area (Å²) in [5.41, 5.74) is 1.44. The Morgan fingerprint density at radius 3 is 2.93 bits per heavy atom. The number of aromatic nitrogens is 2. The van der Waals surface area contributed by atoms with Crippen LogP contribution in [0.3, 0.4) is 0 Å². The number of ether oxygens (including phenoxy) is 3. The van der Waals surface area contributed by atoms with Gasteiger partial charge in [-0.3, -0.25) is 5.32 Å². The van der Waals surface area contributed by atoms with Crippen LogP contribution in [-0.2, 0) is 16.1 Å². The van der Waals surface area contributed by atoms with Gasteiger partial charge in [0.1, 0.15) is 41.3 Å². The lowest BCUT2D eigenvalue weighted by molar-refractivity contribution is 0.0156. The van der Waals surface area contributed by atoms with Gasteiger partial charge in [0.25, 0.3) is 0 Å². The zero-order valence-electron chi connectivity index (χ0n) is 22.4. The van der Waals surface area contributed by atoms with E-state index in [0.717, 1.165) is 20.8 Å². The van der Waals surface area contributed by atoms with Crippen LogP contribution in [0.5, 0.6) is 5.75 Å². The van der Waals surface area contributed by atoms with Crippen molar-refractivity contribution in [2.45, 2.75) is 25.2 Å². The molecule has 4 aromatic rings. The van der Waals surface area contributed by atoms with Crippen molar-refractivity contribution in [1.82, 2.24) is 20.2 Å². The quantitative estimate of drug-likeness (QED) is 0.283. The average molecular weight is 608 g/mol. The molecule has 0 radical (unpaired) electrons. The molecule has 2 aromatic heterocycles. The predicted molar refractivity (Wildman–Crippen MR) is 159 cm³/mol. The van der Waals surface area contributed by atoms with Gasteiger partial charge in [0.05, 0.1) is 34.5 Å². The SMILES string of the molecule is O=C(O[C@@H]1CN[C@H](C#Cc2cc3c(Nc4ccc(OCc5cccc(F)c5)c(Cl)c4)ncnc3s2)C1)N1CCOCC1. The van der Waals surface area contributed by atoms with Crippen molar-refractivity contribution >= 4 is 50.8 Å². The van der Waals surface area contributed by atoms with Crippen LogP contribution in [-0.4, -0.2) is 66.0 Å². The summed E-state index contributed by atoms with van der Waals surface area (Å²) >= 11 is 7.95. The number of nitrogens with one attached hydrogen (secondary N) is 2. The monoisotopic (exact) mass is 607 g/mol. The van der Waals surface area contributed by atoms with E-state index in [9.17, 15) is 9.18 Å². The summed E-state index contributed by atoms with van der Waals surface area (Å²) in [5, 5.41) is 7.88. The summed E-state index contributed by atoms with van der Waals surface area (Å²) in [6.45, 7) is 2.95. The zero-order valence-corrected chi connectivity index (χ0v) is 24.0. The van der Waals surface area contributed by atoms with Gasteiger partial charge >= 0.3 is 6.09 Å². The number of carbonyl (C=O) groups excluding carboxylic acids is 1.